The first-order chi connectivity index (χ1) is 16.5. The summed E-state index contributed by atoms with van der Waals surface area (Å²) < 4.78 is 73.4. The number of carbonyl (C=O) groups is 1. The van der Waals surface area contributed by atoms with E-state index in [2.05, 4.69) is 5.10 Å². The van der Waals surface area contributed by atoms with E-state index in [0.29, 0.717) is 27.7 Å². The smallest absolute Gasteiger partial charge is 0.471 e. The van der Waals surface area contributed by atoms with Gasteiger partial charge in [-0.3, -0.25) is 4.79 Å². The molecule has 1 N–H and O–H groups in total. The van der Waals surface area contributed by atoms with Crippen LogP contribution < -0.4 is 10.1 Å². The highest BCUT2D eigenvalue weighted by atomic mass is 19.4. The molecule has 35 heavy (non-hydrogen) atoms. The third-order valence-corrected chi connectivity index (χ3v) is 5.49. The predicted molar refractivity (Wildman–Crippen MR) is 119 cm³/mol. The van der Waals surface area contributed by atoms with Crippen molar-refractivity contribution in [1.29, 1.82) is 0 Å². The number of halogens is 5. The van der Waals surface area contributed by atoms with Gasteiger partial charge in [-0.25, -0.2) is 13.5 Å². The number of aromatic nitrogens is 2. The summed E-state index contributed by atoms with van der Waals surface area (Å²) in [5, 5.41) is 6.85. The van der Waals surface area contributed by atoms with Gasteiger partial charge in [-0.1, -0.05) is 6.07 Å². The monoisotopic (exact) mass is 489 g/mol. The zero-order valence-electron chi connectivity index (χ0n) is 18.6. The van der Waals surface area contributed by atoms with Gasteiger partial charge in [0.05, 0.1) is 23.4 Å². The number of amides is 1. The molecule has 0 radical (unpaired) electrons. The number of nitrogens with zero attached hydrogens (tertiary/aromatic N) is 2. The lowest BCUT2D eigenvalue weighted by Crippen LogP contribution is -2.45. The predicted octanol–water partition coefficient (Wildman–Crippen LogP) is 5.80. The number of carbonyl (C=O) groups excluding carboxylic acids is 1. The van der Waals surface area contributed by atoms with E-state index >= 15 is 0 Å². The summed E-state index contributed by atoms with van der Waals surface area (Å²) in [6.07, 6.45) is -4.64. The van der Waals surface area contributed by atoms with Gasteiger partial charge in [0.2, 0.25) is 0 Å². The number of hydrogen-bond donors (Lipinski definition) is 1. The van der Waals surface area contributed by atoms with Crippen LogP contribution in [0.5, 0.6) is 5.75 Å². The minimum absolute atomic E-state index is 0.276. The number of benzene rings is 3. The van der Waals surface area contributed by atoms with Gasteiger partial charge in [-0.15, -0.1) is 0 Å². The molecule has 10 heteroatoms. The number of fused-ring (bicyclic) bond motifs is 1. The van der Waals surface area contributed by atoms with E-state index in [0.717, 1.165) is 0 Å². The van der Waals surface area contributed by atoms with E-state index < -0.39 is 30.0 Å². The summed E-state index contributed by atoms with van der Waals surface area (Å²) in [6.45, 7) is 3.02. The number of aryl methyl sites for hydroxylation is 1. The molecule has 1 amide bonds. The van der Waals surface area contributed by atoms with E-state index in [-0.39, 0.29) is 11.6 Å². The molecule has 0 aliphatic heterocycles. The van der Waals surface area contributed by atoms with E-state index in [1.165, 1.54) is 37.3 Å². The largest absolute Gasteiger partial charge is 0.484 e. The van der Waals surface area contributed by atoms with Crippen molar-refractivity contribution in [3.8, 4) is 11.4 Å². The fourth-order valence-electron chi connectivity index (χ4n) is 3.74. The summed E-state index contributed by atoms with van der Waals surface area (Å²) in [5.74, 6) is -2.82. The Morgan fingerprint density at radius 3 is 2.37 bits per heavy atom. The summed E-state index contributed by atoms with van der Waals surface area (Å²) >= 11 is 0. The standard InChI is InChI=1S/C25H20F5N3O2/c1-14-3-4-18(27)12-21(14)23(15(2)32-24(34)25(28,29)30)35-20-9-10-22-16(11-20)13-31-33(22)19-7-5-17(26)6-8-19/h3-13,15,23H,1-2H3,(H,32,34)/t15-,23-/m0/s1. The minimum atomic E-state index is -5.08. The highest BCUT2D eigenvalue weighted by molar-refractivity contribution is 5.82. The molecule has 3 aromatic carbocycles. The maximum Gasteiger partial charge on any atom is 0.471 e. The molecule has 4 rings (SSSR count). The maximum atomic E-state index is 14.0. The van der Waals surface area contributed by atoms with Crippen LogP contribution >= 0.6 is 0 Å². The quantitative estimate of drug-likeness (QED) is 0.349. The van der Waals surface area contributed by atoms with E-state index in [1.807, 2.05) is 5.32 Å². The molecule has 2 atom stereocenters. The van der Waals surface area contributed by atoms with Gasteiger partial charge in [0.1, 0.15) is 23.5 Å². The Morgan fingerprint density at radius 2 is 1.69 bits per heavy atom. The van der Waals surface area contributed by atoms with Crippen LogP contribution in [0, 0.1) is 18.6 Å². The minimum Gasteiger partial charge on any atom is -0.484 e. The summed E-state index contributed by atoms with van der Waals surface area (Å²) in [6, 6.07) is 13.4. The second kappa shape index (κ2) is 9.36. The third-order valence-electron chi connectivity index (χ3n) is 5.49. The van der Waals surface area contributed by atoms with Gasteiger partial charge in [-0.2, -0.15) is 18.3 Å². The molecule has 0 fully saturated rings. The van der Waals surface area contributed by atoms with Crippen molar-refractivity contribution >= 4 is 16.8 Å². The Balaban J connectivity index is 1.68. The molecular formula is C25H20F5N3O2. The first kappa shape index (κ1) is 24.2. The first-order valence-electron chi connectivity index (χ1n) is 10.6. The zero-order chi connectivity index (χ0) is 25.3. The summed E-state index contributed by atoms with van der Waals surface area (Å²) in [4.78, 5) is 11.5. The van der Waals surface area contributed by atoms with Crippen LogP contribution in [0.1, 0.15) is 24.2 Å². The average Bonchev–Trinajstić information content (AvgIpc) is 3.22. The Bertz CT molecular complexity index is 1370. The van der Waals surface area contributed by atoms with E-state index in [9.17, 15) is 26.7 Å². The molecule has 0 saturated heterocycles. The fraction of sp³-hybridized carbons (Fsp3) is 0.200. The van der Waals surface area contributed by atoms with Crippen LogP contribution in [0.25, 0.3) is 16.6 Å². The topological polar surface area (TPSA) is 56.1 Å². The normalized spacial score (nSPS) is 13.5. The van der Waals surface area contributed by atoms with Gasteiger partial charge in [0, 0.05) is 10.9 Å². The highest BCUT2D eigenvalue weighted by Gasteiger charge is 2.40. The zero-order valence-corrected chi connectivity index (χ0v) is 18.6. The Morgan fingerprint density at radius 1 is 1.00 bits per heavy atom. The lowest BCUT2D eigenvalue weighted by Gasteiger charge is -2.28. The number of alkyl halides is 3. The molecule has 0 aliphatic rings. The van der Waals surface area contributed by atoms with E-state index in [1.54, 1.807) is 48.1 Å². The lowest BCUT2D eigenvalue weighted by molar-refractivity contribution is -0.174. The molecule has 0 unspecified atom stereocenters. The van der Waals surface area contributed by atoms with Gasteiger partial charge >= 0.3 is 12.1 Å². The van der Waals surface area contributed by atoms with Crippen LogP contribution in [0.3, 0.4) is 0 Å². The molecule has 4 aromatic rings. The number of rotatable bonds is 6. The van der Waals surface area contributed by atoms with Crippen LogP contribution in [0.4, 0.5) is 22.0 Å². The van der Waals surface area contributed by atoms with Crippen LogP contribution in [0.15, 0.2) is 66.9 Å². The Labute approximate surface area is 197 Å². The molecule has 0 bridgehead atoms. The molecular weight excluding hydrogens is 469 g/mol. The number of ether oxygens (including phenoxy) is 1. The van der Waals surface area contributed by atoms with Crippen LogP contribution in [-0.2, 0) is 4.79 Å². The van der Waals surface area contributed by atoms with E-state index in [4.69, 9.17) is 4.74 Å². The molecule has 0 saturated carbocycles. The second-order valence-corrected chi connectivity index (χ2v) is 8.05. The van der Waals surface area contributed by atoms with Gasteiger partial charge in [0.25, 0.3) is 0 Å². The van der Waals surface area contributed by atoms with Crippen molar-refractivity contribution in [3.63, 3.8) is 0 Å². The second-order valence-electron chi connectivity index (χ2n) is 8.05. The Kier molecular flexibility index (Phi) is 6.47. The molecule has 0 aliphatic carbocycles. The average molecular weight is 489 g/mol. The van der Waals surface area contributed by atoms with Crippen molar-refractivity contribution in [1.82, 2.24) is 15.1 Å². The highest BCUT2D eigenvalue weighted by Crippen LogP contribution is 2.31. The summed E-state index contributed by atoms with van der Waals surface area (Å²) in [7, 11) is 0. The SMILES string of the molecule is Cc1ccc(F)cc1[C@@H](Oc1ccc2c(cnn2-c2ccc(F)cc2)c1)[C@H](C)NC(=O)C(F)(F)F. The van der Waals surface area contributed by atoms with Gasteiger partial charge in [0.15, 0.2) is 0 Å². The van der Waals surface area contributed by atoms with Crippen LogP contribution in [0.2, 0.25) is 0 Å². The fourth-order valence-corrected chi connectivity index (χ4v) is 3.74. The maximum absolute atomic E-state index is 14.0. The molecule has 1 aromatic heterocycles. The molecule has 5 nitrogen and oxygen atoms in total. The molecule has 0 spiro atoms. The van der Waals surface area contributed by atoms with Crippen molar-refractivity contribution in [2.24, 2.45) is 0 Å². The molecule has 182 valence electrons. The number of hydrogen-bond acceptors (Lipinski definition) is 3. The van der Waals surface area contributed by atoms with Crippen molar-refractivity contribution in [3.05, 3.63) is 89.6 Å². The Hall–Kier alpha value is -3.95. The van der Waals surface area contributed by atoms with Gasteiger partial charge in [-0.05, 0) is 74.0 Å². The summed E-state index contributed by atoms with van der Waals surface area (Å²) in [5.41, 5.74) is 2.18. The van der Waals surface area contributed by atoms with Crippen molar-refractivity contribution in [2.75, 3.05) is 0 Å². The number of nitrogens with one attached hydrogen (secondary N) is 1. The van der Waals surface area contributed by atoms with Crippen molar-refractivity contribution < 1.29 is 31.5 Å². The molecule has 1 heterocycles. The van der Waals surface area contributed by atoms with Gasteiger partial charge < -0.3 is 10.1 Å². The van der Waals surface area contributed by atoms with Crippen molar-refractivity contribution in [2.45, 2.75) is 32.2 Å². The van der Waals surface area contributed by atoms with Crippen LogP contribution in [-0.4, -0.2) is 27.9 Å². The third kappa shape index (κ3) is 5.26. The first-order valence-corrected chi connectivity index (χ1v) is 10.6. The lowest BCUT2D eigenvalue weighted by atomic mass is 9.98.